The Balaban J connectivity index is 0.00000196. The van der Waals surface area contributed by atoms with Crippen LogP contribution in [-0.2, 0) is 9.53 Å². The quantitative estimate of drug-likeness (QED) is 0.755. The van der Waals surface area contributed by atoms with Crippen molar-refractivity contribution in [3.8, 4) is 0 Å². The minimum absolute atomic E-state index is 0. The topological polar surface area (TPSA) is 64.3 Å². The highest BCUT2D eigenvalue weighted by atomic mass is 35.5. The fourth-order valence-electron chi connectivity index (χ4n) is 2.06. The lowest BCUT2D eigenvalue weighted by molar-refractivity contribution is -0.126. The van der Waals surface area contributed by atoms with E-state index in [9.17, 15) is 4.79 Å². The molecule has 1 amide bonds. The number of rotatable bonds is 4. The zero-order chi connectivity index (χ0) is 10.4. The number of nitrogens with one attached hydrogen (secondary N) is 1. The second kappa shape index (κ2) is 7.91. The van der Waals surface area contributed by atoms with Crippen LogP contribution in [0.3, 0.4) is 0 Å². The zero-order valence-electron chi connectivity index (χ0n) is 9.20. The van der Waals surface area contributed by atoms with Gasteiger partial charge in [-0.05, 0) is 25.3 Å². The maximum atomic E-state index is 11.3. The van der Waals surface area contributed by atoms with Crippen LogP contribution < -0.4 is 11.1 Å². The second-order valence-corrected chi connectivity index (χ2v) is 3.89. The standard InChI is InChI=1S/C10H20N2O2.ClH/c1-14-7-10(13)12-9-5-3-2-4-8(9)6-11;/h8-9H,2-7,11H2,1H3,(H,12,13);1H. The van der Waals surface area contributed by atoms with Gasteiger partial charge in [-0.25, -0.2) is 0 Å². The van der Waals surface area contributed by atoms with Gasteiger partial charge >= 0.3 is 0 Å². The minimum Gasteiger partial charge on any atom is -0.375 e. The fourth-order valence-corrected chi connectivity index (χ4v) is 2.06. The molecule has 0 spiro atoms. The van der Waals surface area contributed by atoms with Crippen LogP contribution in [0.2, 0.25) is 0 Å². The molecule has 90 valence electrons. The first kappa shape index (κ1) is 14.7. The molecule has 0 aromatic heterocycles. The normalized spacial score (nSPS) is 25.5. The van der Waals surface area contributed by atoms with E-state index in [1.165, 1.54) is 20.0 Å². The van der Waals surface area contributed by atoms with Gasteiger partial charge in [0.25, 0.3) is 0 Å². The van der Waals surface area contributed by atoms with Crippen LogP contribution in [0.1, 0.15) is 25.7 Å². The van der Waals surface area contributed by atoms with Gasteiger partial charge in [0.1, 0.15) is 6.61 Å². The molecule has 0 aromatic carbocycles. The van der Waals surface area contributed by atoms with Crippen LogP contribution in [0.25, 0.3) is 0 Å². The van der Waals surface area contributed by atoms with Crippen LogP contribution in [0.4, 0.5) is 0 Å². The highest BCUT2D eigenvalue weighted by Crippen LogP contribution is 2.23. The average molecular weight is 237 g/mol. The first-order chi connectivity index (χ1) is 6.77. The number of nitrogens with two attached hydrogens (primary N) is 1. The predicted octanol–water partition coefficient (Wildman–Crippen LogP) is 0.688. The van der Waals surface area contributed by atoms with Crippen molar-refractivity contribution < 1.29 is 9.53 Å². The van der Waals surface area contributed by atoms with Gasteiger partial charge in [-0.15, -0.1) is 12.4 Å². The van der Waals surface area contributed by atoms with Gasteiger partial charge in [-0.1, -0.05) is 12.8 Å². The molecule has 5 heteroatoms. The Morgan fingerprint density at radius 3 is 2.73 bits per heavy atom. The van der Waals surface area contributed by atoms with E-state index in [0.29, 0.717) is 12.5 Å². The summed E-state index contributed by atoms with van der Waals surface area (Å²) in [5.74, 6) is 0.419. The van der Waals surface area contributed by atoms with E-state index >= 15 is 0 Å². The number of hydrogen-bond donors (Lipinski definition) is 2. The van der Waals surface area contributed by atoms with E-state index in [1.807, 2.05) is 0 Å². The van der Waals surface area contributed by atoms with E-state index in [1.54, 1.807) is 0 Å². The monoisotopic (exact) mass is 236 g/mol. The molecule has 15 heavy (non-hydrogen) atoms. The third-order valence-electron chi connectivity index (χ3n) is 2.83. The maximum absolute atomic E-state index is 11.3. The summed E-state index contributed by atoms with van der Waals surface area (Å²) >= 11 is 0. The van der Waals surface area contributed by atoms with Crippen molar-refractivity contribution in [3.05, 3.63) is 0 Å². The van der Waals surface area contributed by atoms with E-state index in [2.05, 4.69) is 5.32 Å². The largest absolute Gasteiger partial charge is 0.375 e. The van der Waals surface area contributed by atoms with Gasteiger partial charge in [-0.3, -0.25) is 4.79 Å². The number of hydrogen-bond acceptors (Lipinski definition) is 3. The summed E-state index contributed by atoms with van der Waals surface area (Å²) in [7, 11) is 1.53. The SMILES string of the molecule is COCC(=O)NC1CCCCC1CN.Cl. The molecule has 2 unspecified atom stereocenters. The molecule has 0 saturated heterocycles. The molecular formula is C10H21ClN2O2. The fraction of sp³-hybridized carbons (Fsp3) is 0.900. The molecule has 1 fully saturated rings. The van der Waals surface area contributed by atoms with Gasteiger partial charge in [-0.2, -0.15) is 0 Å². The zero-order valence-corrected chi connectivity index (χ0v) is 10.0. The number of methoxy groups -OCH3 is 1. The highest BCUT2D eigenvalue weighted by Gasteiger charge is 2.24. The summed E-state index contributed by atoms with van der Waals surface area (Å²) in [6.45, 7) is 0.811. The molecule has 0 aliphatic heterocycles. The van der Waals surface area contributed by atoms with Gasteiger partial charge in [0.15, 0.2) is 0 Å². The van der Waals surface area contributed by atoms with E-state index in [0.717, 1.165) is 12.8 Å². The third-order valence-corrected chi connectivity index (χ3v) is 2.83. The predicted molar refractivity (Wildman–Crippen MR) is 62.1 cm³/mol. The van der Waals surface area contributed by atoms with Crippen LogP contribution in [0, 0.1) is 5.92 Å². The first-order valence-corrected chi connectivity index (χ1v) is 5.26. The van der Waals surface area contributed by atoms with Crippen molar-refractivity contribution in [1.29, 1.82) is 0 Å². The van der Waals surface area contributed by atoms with Crippen molar-refractivity contribution in [2.45, 2.75) is 31.7 Å². The lowest BCUT2D eigenvalue weighted by Gasteiger charge is -2.31. The summed E-state index contributed by atoms with van der Waals surface area (Å²) in [5.41, 5.74) is 5.66. The highest BCUT2D eigenvalue weighted by molar-refractivity contribution is 5.85. The molecular weight excluding hydrogens is 216 g/mol. The van der Waals surface area contributed by atoms with Crippen LogP contribution in [-0.4, -0.2) is 32.2 Å². The van der Waals surface area contributed by atoms with Crippen LogP contribution in [0.15, 0.2) is 0 Å². The Kier molecular flexibility index (Phi) is 7.74. The summed E-state index contributed by atoms with van der Waals surface area (Å²) in [5, 5.41) is 2.98. The van der Waals surface area contributed by atoms with Crippen molar-refractivity contribution in [2.75, 3.05) is 20.3 Å². The first-order valence-electron chi connectivity index (χ1n) is 5.26. The van der Waals surface area contributed by atoms with E-state index < -0.39 is 0 Å². The van der Waals surface area contributed by atoms with Gasteiger partial charge in [0, 0.05) is 13.2 Å². The van der Waals surface area contributed by atoms with Gasteiger partial charge in [0.05, 0.1) is 0 Å². The molecule has 0 bridgehead atoms. The van der Waals surface area contributed by atoms with Crippen LogP contribution >= 0.6 is 12.4 Å². The summed E-state index contributed by atoms with van der Waals surface area (Å²) in [6.07, 6.45) is 4.61. The van der Waals surface area contributed by atoms with Crippen molar-refractivity contribution in [2.24, 2.45) is 11.7 Å². The second-order valence-electron chi connectivity index (χ2n) is 3.89. The minimum atomic E-state index is -0.0298. The Morgan fingerprint density at radius 1 is 1.47 bits per heavy atom. The van der Waals surface area contributed by atoms with Gasteiger partial charge in [0.2, 0.25) is 5.91 Å². The molecule has 4 nitrogen and oxygen atoms in total. The Hall–Kier alpha value is -0.320. The lowest BCUT2D eigenvalue weighted by Crippen LogP contribution is -2.45. The summed E-state index contributed by atoms with van der Waals surface area (Å²) in [4.78, 5) is 11.3. The Labute approximate surface area is 97.3 Å². The summed E-state index contributed by atoms with van der Waals surface area (Å²) in [6, 6.07) is 0.261. The molecule has 1 aliphatic rings. The average Bonchev–Trinajstić information content (AvgIpc) is 2.19. The molecule has 0 radical (unpaired) electrons. The summed E-state index contributed by atoms with van der Waals surface area (Å²) < 4.78 is 4.77. The number of amides is 1. The van der Waals surface area contributed by atoms with E-state index in [4.69, 9.17) is 10.5 Å². The Morgan fingerprint density at radius 2 is 2.13 bits per heavy atom. The number of carbonyl (C=O) groups excluding carboxylic acids is 1. The molecule has 1 aliphatic carbocycles. The van der Waals surface area contributed by atoms with Crippen LogP contribution in [0.5, 0.6) is 0 Å². The Bertz CT molecular complexity index is 190. The number of ether oxygens (including phenoxy) is 1. The van der Waals surface area contributed by atoms with Crippen molar-refractivity contribution >= 4 is 18.3 Å². The molecule has 3 N–H and O–H groups in total. The van der Waals surface area contributed by atoms with Gasteiger partial charge < -0.3 is 15.8 Å². The molecule has 0 heterocycles. The van der Waals surface area contributed by atoms with E-state index in [-0.39, 0.29) is 31.0 Å². The molecule has 0 aromatic rings. The van der Waals surface area contributed by atoms with Crippen molar-refractivity contribution in [1.82, 2.24) is 5.32 Å². The molecule has 1 rings (SSSR count). The maximum Gasteiger partial charge on any atom is 0.246 e. The lowest BCUT2D eigenvalue weighted by atomic mass is 9.84. The number of carbonyl (C=O) groups is 1. The smallest absolute Gasteiger partial charge is 0.246 e. The molecule has 1 saturated carbocycles. The number of halogens is 1. The third kappa shape index (κ3) is 4.82. The van der Waals surface area contributed by atoms with Crippen molar-refractivity contribution in [3.63, 3.8) is 0 Å². The molecule has 2 atom stereocenters.